The quantitative estimate of drug-likeness (QED) is 0.646. The lowest BCUT2D eigenvalue weighted by atomic mass is 9.80. The van der Waals surface area contributed by atoms with Crippen LogP contribution in [0.2, 0.25) is 0 Å². The lowest BCUT2D eigenvalue weighted by molar-refractivity contribution is -0.385. The van der Waals surface area contributed by atoms with E-state index >= 15 is 0 Å². The van der Waals surface area contributed by atoms with Gasteiger partial charge in [-0.15, -0.1) is 0 Å². The van der Waals surface area contributed by atoms with Crippen LogP contribution < -0.4 is 5.32 Å². The summed E-state index contributed by atoms with van der Waals surface area (Å²) in [6.45, 7) is 1.43. The molecular formula is C16H25N3O2. The number of para-hydroxylation sites is 1. The third-order valence-electron chi connectivity index (χ3n) is 4.69. The number of nitrogens with one attached hydrogen (secondary N) is 1. The fraction of sp³-hybridized carbons (Fsp3) is 0.625. The lowest BCUT2D eigenvalue weighted by Gasteiger charge is -2.43. The maximum absolute atomic E-state index is 11.0. The largest absolute Gasteiger partial charge is 0.311 e. The Hall–Kier alpha value is -1.46. The molecule has 1 fully saturated rings. The van der Waals surface area contributed by atoms with E-state index in [1.807, 2.05) is 12.1 Å². The summed E-state index contributed by atoms with van der Waals surface area (Å²) >= 11 is 0. The Balaban J connectivity index is 1.98. The van der Waals surface area contributed by atoms with Crippen LogP contribution in [0.15, 0.2) is 24.3 Å². The molecule has 0 spiro atoms. The smallest absolute Gasteiger partial charge is 0.273 e. The predicted molar refractivity (Wildman–Crippen MR) is 84.3 cm³/mol. The van der Waals surface area contributed by atoms with Gasteiger partial charge in [-0.3, -0.25) is 10.1 Å². The van der Waals surface area contributed by atoms with Crippen molar-refractivity contribution in [2.24, 2.45) is 0 Å². The Bertz CT molecular complexity index is 482. The third kappa shape index (κ3) is 3.80. The first kappa shape index (κ1) is 15.9. The molecule has 5 heteroatoms. The first-order valence-electron chi connectivity index (χ1n) is 7.66. The van der Waals surface area contributed by atoms with Crippen molar-refractivity contribution < 1.29 is 4.92 Å². The average molecular weight is 291 g/mol. The summed E-state index contributed by atoms with van der Waals surface area (Å²) in [5, 5.41) is 14.5. The monoisotopic (exact) mass is 291 g/mol. The molecule has 0 amide bonds. The van der Waals surface area contributed by atoms with Gasteiger partial charge in [0.15, 0.2) is 0 Å². The average Bonchev–Trinajstić information content (AvgIpc) is 2.48. The van der Waals surface area contributed by atoms with Gasteiger partial charge in [-0.1, -0.05) is 37.5 Å². The summed E-state index contributed by atoms with van der Waals surface area (Å²) in [6, 6.07) is 6.96. The molecule has 0 saturated heterocycles. The van der Waals surface area contributed by atoms with E-state index in [4.69, 9.17) is 0 Å². The van der Waals surface area contributed by atoms with E-state index in [0.717, 1.165) is 12.1 Å². The molecule has 1 saturated carbocycles. The van der Waals surface area contributed by atoms with Crippen LogP contribution in [0.25, 0.3) is 0 Å². The molecule has 21 heavy (non-hydrogen) atoms. The molecule has 1 N–H and O–H groups in total. The molecule has 0 bridgehead atoms. The number of rotatable bonds is 6. The normalized spacial score (nSPS) is 17.9. The third-order valence-corrected chi connectivity index (χ3v) is 4.69. The SMILES string of the molecule is CN(C)C1(CNCc2ccccc2[N+](=O)[O-])CCCCC1. The van der Waals surface area contributed by atoms with Gasteiger partial charge >= 0.3 is 0 Å². The summed E-state index contributed by atoms with van der Waals surface area (Å²) < 4.78 is 0. The van der Waals surface area contributed by atoms with E-state index in [0.29, 0.717) is 6.54 Å². The van der Waals surface area contributed by atoms with E-state index in [1.54, 1.807) is 12.1 Å². The molecule has 0 radical (unpaired) electrons. The molecule has 1 aromatic rings. The second-order valence-electron chi connectivity index (χ2n) is 6.17. The van der Waals surface area contributed by atoms with Crippen molar-refractivity contribution in [3.05, 3.63) is 39.9 Å². The van der Waals surface area contributed by atoms with Crippen molar-refractivity contribution in [1.82, 2.24) is 10.2 Å². The highest BCUT2D eigenvalue weighted by atomic mass is 16.6. The molecule has 0 aromatic heterocycles. The molecule has 0 heterocycles. The number of likely N-dealkylation sites (N-methyl/N-ethyl adjacent to an activating group) is 1. The van der Waals surface area contributed by atoms with Crippen molar-refractivity contribution in [2.75, 3.05) is 20.6 Å². The summed E-state index contributed by atoms with van der Waals surface area (Å²) in [4.78, 5) is 13.0. The number of nitro groups is 1. The first-order valence-corrected chi connectivity index (χ1v) is 7.66. The Morgan fingerprint density at radius 1 is 1.24 bits per heavy atom. The minimum atomic E-state index is -0.306. The van der Waals surface area contributed by atoms with E-state index in [9.17, 15) is 10.1 Å². The highest BCUT2D eigenvalue weighted by Gasteiger charge is 2.33. The zero-order chi connectivity index (χ0) is 15.3. The van der Waals surface area contributed by atoms with Crippen molar-refractivity contribution in [3.63, 3.8) is 0 Å². The zero-order valence-electron chi connectivity index (χ0n) is 13.0. The molecule has 1 aliphatic carbocycles. The van der Waals surface area contributed by atoms with Gasteiger partial charge in [-0.2, -0.15) is 0 Å². The van der Waals surface area contributed by atoms with Crippen molar-refractivity contribution >= 4 is 5.69 Å². The molecule has 116 valence electrons. The van der Waals surface area contributed by atoms with Crippen LogP contribution in [0.1, 0.15) is 37.7 Å². The first-order chi connectivity index (χ1) is 10.1. The molecule has 0 atom stereocenters. The second kappa shape index (κ2) is 7.00. The molecular weight excluding hydrogens is 266 g/mol. The topological polar surface area (TPSA) is 58.4 Å². The summed E-state index contributed by atoms with van der Waals surface area (Å²) in [6.07, 6.45) is 6.25. The van der Waals surface area contributed by atoms with Crippen molar-refractivity contribution in [2.45, 2.75) is 44.2 Å². The molecule has 5 nitrogen and oxygen atoms in total. The van der Waals surface area contributed by atoms with Gasteiger partial charge in [0.05, 0.1) is 4.92 Å². The van der Waals surface area contributed by atoms with Crippen LogP contribution in [0.4, 0.5) is 5.69 Å². The molecule has 0 unspecified atom stereocenters. The Labute approximate surface area is 126 Å². The van der Waals surface area contributed by atoms with E-state index in [2.05, 4.69) is 24.3 Å². The number of nitrogens with zero attached hydrogens (tertiary/aromatic N) is 2. The Morgan fingerprint density at radius 3 is 2.52 bits per heavy atom. The van der Waals surface area contributed by atoms with Gasteiger partial charge in [0.2, 0.25) is 0 Å². The number of benzene rings is 1. The minimum absolute atomic E-state index is 0.196. The van der Waals surface area contributed by atoms with Crippen LogP contribution in [0, 0.1) is 10.1 Å². The van der Waals surface area contributed by atoms with Gasteiger partial charge < -0.3 is 10.2 Å². The molecule has 1 aromatic carbocycles. The summed E-state index contributed by atoms with van der Waals surface area (Å²) in [5.41, 5.74) is 1.15. The van der Waals surface area contributed by atoms with Gasteiger partial charge in [0.1, 0.15) is 0 Å². The maximum atomic E-state index is 11.0. The van der Waals surface area contributed by atoms with Gasteiger partial charge in [0.25, 0.3) is 5.69 Å². The number of hydrogen-bond acceptors (Lipinski definition) is 4. The Morgan fingerprint density at radius 2 is 1.90 bits per heavy atom. The van der Waals surface area contributed by atoms with E-state index in [-0.39, 0.29) is 16.1 Å². The van der Waals surface area contributed by atoms with Crippen molar-refractivity contribution in [3.8, 4) is 0 Å². The zero-order valence-corrected chi connectivity index (χ0v) is 13.0. The fourth-order valence-electron chi connectivity index (χ4n) is 3.26. The van der Waals surface area contributed by atoms with Gasteiger partial charge in [-0.25, -0.2) is 0 Å². The van der Waals surface area contributed by atoms with E-state index in [1.165, 1.54) is 32.1 Å². The van der Waals surface area contributed by atoms with Crippen LogP contribution in [0.3, 0.4) is 0 Å². The van der Waals surface area contributed by atoms with Crippen LogP contribution in [-0.4, -0.2) is 36.0 Å². The number of hydrogen-bond donors (Lipinski definition) is 1. The van der Waals surface area contributed by atoms with Crippen LogP contribution in [-0.2, 0) is 6.54 Å². The standard InChI is InChI=1S/C16H25N3O2/c1-18(2)16(10-6-3-7-11-16)13-17-12-14-8-4-5-9-15(14)19(20)21/h4-5,8-9,17H,3,6-7,10-13H2,1-2H3. The highest BCUT2D eigenvalue weighted by molar-refractivity contribution is 5.39. The molecule has 2 rings (SSSR count). The maximum Gasteiger partial charge on any atom is 0.273 e. The van der Waals surface area contributed by atoms with E-state index < -0.39 is 0 Å². The Kier molecular flexibility index (Phi) is 5.31. The molecule has 0 aliphatic heterocycles. The van der Waals surface area contributed by atoms with Crippen LogP contribution >= 0.6 is 0 Å². The fourth-order valence-corrected chi connectivity index (χ4v) is 3.26. The predicted octanol–water partition coefficient (Wildman–Crippen LogP) is 2.95. The van der Waals surface area contributed by atoms with Crippen LogP contribution in [0.5, 0.6) is 0 Å². The lowest BCUT2D eigenvalue weighted by Crippen LogP contribution is -2.52. The summed E-state index contributed by atoms with van der Waals surface area (Å²) in [5.74, 6) is 0. The highest BCUT2D eigenvalue weighted by Crippen LogP contribution is 2.31. The summed E-state index contributed by atoms with van der Waals surface area (Å²) in [7, 11) is 4.27. The van der Waals surface area contributed by atoms with Crippen molar-refractivity contribution in [1.29, 1.82) is 0 Å². The van der Waals surface area contributed by atoms with Gasteiger partial charge in [0, 0.05) is 30.3 Å². The van der Waals surface area contributed by atoms with Gasteiger partial charge in [-0.05, 0) is 26.9 Å². The number of nitro benzene ring substituents is 1. The molecule has 1 aliphatic rings. The minimum Gasteiger partial charge on any atom is -0.311 e. The second-order valence-corrected chi connectivity index (χ2v) is 6.17.